The number of carbonyl (C=O) groups excluding carboxylic acids is 1. The number of sulfonamides is 1. The molecular formula is C8H12N4O3S. The Hall–Kier alpha value is -1.67. The molecule has 0 aliphatic carbocycles. The average molecular weight is 244 g/mol. The summed E-state index contributed by atoms with van der Waals surface area (Å²) in [5.74, 6) is -0.759. The molecule has 0 saturated carbocycles. The van der Waals surface area contributed by atoms with Gasteiger partial charge in [-0.2, -0.15) is 0 Å². The quantitative estimate of drug-likeness (QED) is 0.607. The van der Waals surface area contributed by atoms with Crippen molar-refractivity contribution >= 4 is 21.6 Å². The number of primary amides is 1. The third kappa shape index (κ3) is 2.91. The molecule has 0 radical (unpaired) electrons. The fraction of sp³-hybridized carbons (Fsp3) is 0.250. The Balaban J connectivity index is 3.02. The lowest BCUT2D eigenvalue weighted by Crippen LogP contribution is -2.34. The highest BCUT2D eigenvalue weighted by molar-refractivity contribution is 7.89. The molecule has 0 saturated heterocycles. The van der Waals surface area contributed by atoms with Crippen LogP contribution in [0.1, 0.15) is 0 Å². The van der Waals surface area contributed by atoms with Crippen LogP contribution in [0, 0.1) is 0 Å². The van der Waals surface area contributed by atoms with E-state index < -0.39 is 22.5 Å². The highest BCUT2D eigenvalue weighted by Gasteiger charge is 2.19. The molecular weight excluding hydrogens is 232 g/mol. The first-order valence-corrected chi connectivity index (χ1v) is 5.86. The van der Waals surface area contributed by atoms with Gasteiger partial charge in [0.25, 0.3) is 10.0 Å². The van der Waals surface area contributed by atoms with Gasteiger partial charge in [-0.05, 0) is 12.1 Å². The van der Waals surface area contributed by atoms with Crippen molar-refractivity contribution in [3.05, 3.63) is 18.3 Å². The number of anilines is 1. The van der Waals surface area contributed by atoms with E-state index in [1.807, 2.05) is 4.72 Å². The van der Waals surface area contributed by atoms with E-state index in [1.54, 1.807) is 19.2 Å². The first-order chi connectivity index (χ1) is 7.47. The number of pyridine rings is 1. The summed E-state index contributed by atoms with van der Waals surface area (Å²) in [7, 11) is -2.25. The predicted molar refractivity (Wildman–Crippen MR) is 58.2 cm³/mol. The van der Waals surface area contributed by atoms with Crippen molar-refractivity contribution in [3.8, 4) is 0 Å². The number of nitrogens with zero attached hydrogens (tertiary/aromatic N) is 1. The predicted octanol–water partition coefficient (Wildman–Crippen LogP) is -1.11. The summed E-state index contributed by atoms with van der Waals surface area (Å²) in [6.07, 6.45) is 1.35. The molecule has 1 aromatic heterocycles. The van der Waals surface area contributed by atoms with Crippen LogP contribution >= 0.6 is 0 Å². The van der Waals surface area contributed by atoms with Gasteiger partial charge in [-0.1, -0.05) is 0 Å². The van der Waals surface area contributed by atoms with Crippen molar-refractivity contribution in [1.82, 2.24) is 9.71 Å². The minimum absolute atomic E-state index is 0.168. The van der Waals surface area contributed by atoms with Gasteiger partial charge < -0.3 is 11.1 Å². The number of hydrogen-bond acceptors (Lipinski definition) is 5. The largest absolute Gasteiger partial charge is 0.386 e. The van der Waals surface area contributed by atoms with Gasteiger partial charge in [0.1, 0.15) is 0 Å². The number of aromatic nitrogens is 1. The lowest BCUT2D eigenvalue weighted by atomic mass is 10.4. The second kappa shape index (κ2) is 4.90. The zero-order chi connectivity index (χ0) is 12.2. The number of hydrogen-bond donors (Lipinski definition) is 3. The Labute approximate surface area is 93.1 Å². The van der Waals surface area contributed by atoms with Crippen LogP contribution in [0.5, 0.6) is 0 Å². The number of nitrogens with two attached hydrogens (primary N) is 1. The molecule has 0 unspecified atom stereocenters. The highest BCUT2D eigenvalue weighted by Crippen LogP contribution is 2.16. The fourth-order valence-electron chi connectivity index (χ4n) is 1.03. The Kier molecular flexibility index (Phi) is 3.80. The molecule has 0 aliphatic heterocycles. The molecule has 1 amide bonds. The smallest absolute Gasteiger partial charge is 0.260 e. The molecule has 0 bridgehead atoms. The molecule has 1 heterocycles. The summed E-state index contributed by atoms with van der Waals surface area (Å²) >= 11 is 0. The lowest BCUT2D eigenvalue weighted by Gasteiger charge is -2.08. The molecule has 0 atom stereocenters. The molecule has 1 aromatic rings. The van der Waals surface area contributed by atoms with Crippen molar-refractivity contribution in [1.29, 1.82) is 0 Å². The van der Waals surface area contributed by atoms with E-state index in [2.05, 4.69) is 10.3 Å². The Bertz CT molecular complexity index is 486. The van der Waals surface area contributed by atoms with Gasteiger partial charge in [-0.3, -0.25) is 4.79 Å². The molecule has 0 aliphatic rings. The van der Waals surface area contributed by atoms with Crippen LogP contribution in [0.25, 0.3) is 0 Å². The normalized spacial score (nSPS) is 11.1. The summed E-state index contributed by atoms with van der Waals surface area (Å²) in [5, 5.41) is 2.52. The van der Waals surface area contributed by atoms with Gasteiger partial charge in [0, 0.05) is 13.2 Å². The SMILES string of the molecule is CNc1cccnc1S(=O)(=O)NCC(N)=O. The molecule has 0 fully saturated rings. The van der Waals surface area contributed by atoms with Gasteiger partial charge in [0.15, 0.2) is 5.03 Å². The van der Waals surface area contributed by atoms with E-state index in [1.165, 1.54) is 6.20 Å². The van der Waals surface area contributed by atoms with E-state index in [0.717, 1.165) is 0 Å². The van der Waals surface area contributed by atoms with E-state index in [0.29, 0.717) is 5.69 Å². The van der Waals surface area contributed by atoms with Crippen LogP contribution in [0.15, 0.2) is 23.4 Å². The van der Waals surface area contributed by atoms with Gasteiger partial charge in [-0.25, -0.2) is 18.1 Å². The number of carbonyl (C=O) groups is 1. The maximum atomic E-state index is 11.7. The van der Waals surface area contributed by atoms with Gasteiger partial charge in [-0.15, -0.1) is 0 Å². The lowest BCUT2D eigenvalue weighted by molar-refractivity contribution is -0.116. The van der Waals surface area contributed by atoms with Crippen molar-refractivity contribution in [2.24, 2.45) is 5.73 Å². The van der Waals surface area contributed by atoms with Crippen molar-refractivity contribution in [2.75, 3.05) is 18.9 Å². The molecule has 0 aromatic carbocycles. The Morgan fingerprint density at radius 1 is 1.56 bits per heavy atom. The first-order valence-electron chi connectivity index (χ1n) is 4.38. The molecule has 88 valence electrons. The maximum absolute atomic E-state index is 11.7. The first kappa shape index (κ1) is 12.4. The third-order valence-electron chi connectivity index (χ3n) is 1.73. The van der Waals surface area contributed by atoms with E-state index >= 15 is 0 Å². The zero-order valence-corrected chi connectivity index (χ0v) is 9.41. The Morgan fingerprint density at radius 2 is 2.25 bits per heavy atom. The van der Waals surface area contributed by atoms with E-state index in [-0.39, 0.29) is 5.03 Å². The molecule has 0 spiro atoms. The fourth-order valence-corrected chi connectivity index (χ4v) is 2.16. The van der Waals surface area contributed by atoms with Crippen LogP contribution in [-0.4, -0.2) is 32.9 Å². The van der Waals surface area contributed by atoms with Crippen molar-refractivity contribution in [2.45, 2.75) is 5.03 Å². The van der Waals surface area contributed by atoms with Gasteiger partial charge >= 0.3 is 0 Å². The average Bonchev–Trinajstić information content (AvgIpc) is 2.26. The maximum Gasteiger partial charge on any atom is 0.260 e. The van der Waals surface area contributed by atoms with E-state index in [4.69, 9.17) is 5.73 Å². The van der Waals surface area contributed by atoms with Crippen LogP contribution in [-0.2, 0) is 14.8 Å². The second-order valence-corrected chi connectivity index (χ2v) is 4.58. The van der Waals surface area contributed by atoms with Crippen LogP contribution in [0.2, 0.25) is 0 Å². The summed E-state index contributed by atoms with van der Waals surface area (Å²) < 4.78 is 25.4. The zero-order valence-electron chi connectivity index (χ0n) is 8.60. The molecule has 8 heteroatoms. The second-order valence-electron chi connectivity index (χ2n) is 2.90. The molecule has 1 rings (SSSR count). The highest BCUT2D eigenvalue weighted by atomic mass is 32.2. The molecule has 7 nitrogen and oxygen atoms in total. The van der Waals surface area contributed by atoms with Crippen molar-refractivity contribution < 1.29 is 13.2 Å². The minimum Gasteiger partial charge on any atom is -0.386 e. The summed E-state index contributed by atoms with van der Waals surface area (Å²) in [5.41, 5.74) is 5.19. The van der Waals surface area contributed by atoms with Crippen LogP contribution in [0.3, 0.4) is 0 Å². The third-order valence-corrected chi connectivity index (χ3v) is 3.09. The number of rotatable bonds is 5. The number of amides is 1. The van der Waals surface area contributed by atoms with E-state index in [9.17, 15) is 13.2 Å². The van der Waals surface area contributed by atoms with Crippen LogP contribution < -0.4 is 15.8 Å². The molecule has 4 N–H and O–H groups in total. The summed E-state index contributed by atoms with van der Waals surface area (Å²) in [4.78, 5) is 14.2. The van der Waals surface area contributed by atoms with Crippen molar-refractivity contribution in [3.63, 3.8) is 0 Å². The minimum atomic E-state index is -3.82. The monoisotopic (exact) mass is 244 g/mol. The molecule has 16 heavy (non-hydrogen) atoms. The topological polar surface area (TPSA) is 114 Å². The number of nitrogens with one attached hydrogen (secondary N) is 2. The van der Waals surface area contributed by atoms with Gasteiger partial charge in [0.2, 0.25) is 5.91 Å². The van der Waals surface area contributed by atoms with Gasteiger partial charge in [0.05, 0.1) is 12.2 Å². The summed E-state index contributed by atoms with van der Waals surface area (Å²) in [6, 6.07) is 3.16. The summed E-state index contributed by atoms with van der Waals surface area (Å²) in [6.45, 7) is -0.456. The standard InChI is InChI=1S/C8H12N4O3S/c1-10-6-3-2-4-11-8(6)16(14,15)12-5-7(9)13/h2-4,10,12H,5H2,1H3,(H2,9,13). The Morgan fingerprint density at radius 3 is 2.81 bits per heavy atom. The van der Waals surface area contributed by atoms with Crippen LogP contribution in [0.4, 0.5) is 5.69 Å².